The van der Waals surface area contributed by atoms with Crippen LogP contribution in [0, 0.1) is 0 Å². The van der Waals surface area contributed by atoms with Gasteiger partial charge in [-0.05, 0) is 37.1 Å². The number of likely N-dealkylation sites (tertiary alicyclic amines) is 1. The molecule has 0 spiro atoms. The van der Waals surface area contributed by atoms with Gasteiger partial charge in [0.2, 0.25) is 5.91 Å². The van der Waals surface area contributed by atoms with Gasteiger partial charge in [-0.1, -0.05) is 12.1 Å². The maximum Gasteiger partial charge on any atom is 0.289 e. The Morgan fingerprint density at radius 2 is 1.79 bits per heavy atom. The van der Waals surface area contributed by atoms with Crippen LogP contribution in [0.15, 0.2) is 56.7 Å². The number of amides is 2. The van der Waals surface area contributed by atoms with Gasteiger partial charge in [0.25, 0.3) is 17.0 Å². The van der Waals surface area contributed by atoms with Crippen molar-refractivity contribution in [2.24, 2.45) is 0 Å². The number of benzene rings is 1. The van der Waals surface area contributed by atoms with Gasteiger partial charge in [0, 0.05) is 19.1 Å². The molecule has 2 amide bonds. The van der Waals surface area contributed by atoms with Crippen LogP contribution in [0.5, 0.6) is 0 Å². The molecular formula is C20H20N4O5. The fourth-order valence-corrected chi connectivity index (χ4v) is 3.56. The Morgan fingerprint density at radius 1 is 1.07 bits per heavy atom. The SMILES string of the molecule is O=C(Cn1[nH]c(=O)c2ccccc2c1=O)NC1CCN(C(=O)c2ccco2)CC1. The monoisotopic (exact) mass is 396 g/mol. The van der Waals surface area contributed by atoms with E-state index < -0.39 is 11.1 Å². The second-order valence-corrected chi connectivity index (χ2v) is 6.99. The number of carbonyl (C=O) groups excluding carboxylic acids is 2. The van der Waals surface area contributed by atoms with Gasteiger partial charge in [-0.25, -0.2) is 4.68 Å². The lowest BCUT2D eigenvalue weighted by molar-refractivity contribution is -0.122. The van der Waals surface area contributed by atoms with E-state index in [4.69, 9.17) is 4.42 Å². The van der Waals surface area contributed by atoms with Crippen molar-refractivity contribution < 1.29 is 14.0 Å². The van der Waals surface area contributed by atoms with Crippen LogP contribution < -0.4 is 16.4 Å². The molecular weight excluding hydrogens is 376 g/mol. The van der Waals surface area contributed by atoms with Crippen LogP contribution in [0.3, 0.4) is 0 Å². The van der Waals surface area contributed by atoms with E-state index >= 15 is 0 Å². The number of H-pyrrole nitrogens is 1. The van der Waals surface area contributed by atoms with E-state index in [0.29, 0.717) is 37.1 Å². The third kappa shape index (κ3) is 3.84. The van der Waals surface area contributed by atoms with Crippen molar-refractivity contribution in [3.63, 3.8) is 0 Å². The number of aromatic amines is 1. The summed E-state index contributed by atoms with van der Waals surface area (Å²) in [7, 11) is 0. The molecule has 0 aliphatic carbocycles. The third-order valence-corrected chi connectivity index (χ3v) is 5.06. The van der Waals surface area contributed by atoms with Gasteiger partial charge >= 0.3 is 0 Å². The highest BCUT2D eigenvalue weighted by Gasteiger charge is 2.26. The quantitative estimate of drug-likeness (QED) is 0.673. The van der Waals surface area contributed by atoms with Crippen LogP contribution in [-0.2, 0) is 11.3 Å². The summed E-state index contributed by atoms with van der Waals surface area (Å²) in [6.45, 7) is 0.721. The molecule has 1 aliphatic heterocycles. The Morgan fingerprint density at radius 3 is 2.48 bits per heavy atom. The summed E-state index contributed by atoms with van der Waals surface area (Å²) in [6, 6.07) is 9.66. The number of nitrogens with one attached hydrogen (secondary N) is 2. The second kappa shape index (κ2) is 7.78. The van der Waals surface area contributed by atoms with E-state index in [0.717, 1.165) is 4.68 Å². The summed E-state index contributed by atoms with van der Waals surface area (Å²) in [5, 5.41) is 5.89. The highest BCUT2D eigenvalue weighted by Crippen LogP contribution is 2.14. The summed E-state index contributed by atoms with van der Waals surface area (Å²) in [4.78, 5) is 51.0. The number of rotatable bonds is 4. The standard InChI is InChI=1S/C20H20N4O5/c25-17(12-24-19(27)15-5-2-1-4-14(15)18(26)22-24)21-13-7-9-23(10-8-13)20(28)16-6-3-11-29-16/h1-6,11,13H,7-10,12H2,(H,21,25)(H,22,26). The smallest absolute Gasteiger partial charge is 0.289 e. The lowest BCUT2D eigenvalue weighted by atomic mass is 10.0. The molecule has 0 saturated carbocycles. The molecule has 1 fully saturated rings. The first-order valence-electron chi connectivity index (χ1n) is 9.37. The van der Waals surface area contributed by atoms with E-state index in [1.54, 1.807) is 41.3 Å². The first kappa shape index (κ1) is 18.7. The van der Waals surface area contributed by atoms with Gasteiger partial charge in [0.1, 0.15) is 6.54 Å². The van der Waals surface area contributed by atoms with Crippen LogP contribution >= 0.6 is 0 Å². The summed E-state index contributed by atoms with van der Waals surface area (Å²) in [5.74, 6) is -0.235. The number of hydrogen-bond donors (Lipinski definition) is 2. The first-order chi connectivity index (χ1) is 14.0. The molecule has 2 N–H and O–H groups in total. The molecule has 9 heteroatoms. The van der Waals surface area contributed by atoms with Crippen LogP contribution in [-0.4, -0.2) is 45.6 Å². The molecule has 9 nitrogen and oxygen atoms in total. The molecule has 1 aromatic carbocycles. The van der Waals surface area contributed by atoms with Crippen molar-refractivity contribution in [3.8, 4) is 0 Å². The van der Waals surface area contributed by atoms with Crippen molar-refractivity contribution in [2.45, 2.75) is 25.4 Å². The molecule has 2 aromatic heterocycles. The normalized spacial score (nSPS) is 14.8. The Balaban J connectivity index is 1.37. The average Bonchev–Trinajstić information content (AvgIpc) is 3.27. The summed E-state index contributed by atoms with van der Waals surface area (Å²) < 4.78 is 6.16. The molecule has 0 atom stereocenters. The van der Waals surface area contributed by atoms with Crippen molar-refractivity contribution in [1.29, 1.82) is 0 Å². The molecule has 29 heavy (non-hydrogen) atoms. The Bertz CT molecular complexity index is 1150. The number of aromatic nitrogens is 2. The number of fused-ring (bicyclic) bond motifs is 1. The minimum absolute atomic E-state index is 0.106. The van der Waals surface area contributed by atoms with Crippen molar-refractivity contribution in [1.82, 2.24) is 20.0 Å². The lowest BCUT2D eigenvalue weighted by Crippen LogP contribution is -2.48. The van der Waals surface area contributed by atoms with Crippen LogP contribution in [0.25, 0.3) is 10.8 Å². The molecule has 3 aromatic rings. The van der Waals surface area contributed by atoms with E-state index in [-0.39, 0.29) is 29.8 Å². The Labute approximate surface area is 164 Å². The molecule has 0 radical (unpaired) electrons. The number of hydrogen-bond acceptors (Lipinski definition) is 5. The predicted molar refractivity (Wildman–Crippen MR) is 105 cm³/mol. The lowest BCUT2D eigenvalue weighted by Gasteiger charge is -2.31. The predicted octanol–water partition coefficient (Wildman–Crippen LogP) is 0.704. The van der Waals surface area contributed by atoms with Crippen molar-refractivity contribution in [3.05, 3.63) is 69.1 Å². The molecule has 3 heterocycles. The Kier molecular flexibility index (Phi) is 5.03. The third-order valence-electron chi connectivity index (χ3n) is 5.06. The van der Waals surface area contributed by atoms with E-state index in [1.165, 1.54) is 6.26 Å². The van der Waals surface area contributed by atoms with Gasteiger partial charge in [-0.2, -0.15) is 0 Å². The van der Waals surface area contributed by atoms with Crippen LogP contribution in [0.1, 0.15) is 23.4 Å². The maximum atomic E-state index is 12.5. The zero-order valence-corrected chi connectivity index (χ0v) is 15.6. The number of piperidine rings is 1. The fourth-order valence-electron chi connectivity index (χ4n) is 3.56. The summed E-state index contributed by atoms with van der Waals surface area (Å²) >= 11 is 0. The zero-order valence-electron chi connectivity index (χ0n) is 15.6. The van der Waals surface area contributed by atoms with E-state index in [1.807, 2.05) is 0 Å². The molecule has 4 rings (SSSR count). The topological polar surface area (TPSA) is 117 Å². The number of furan rings is 1. The van der Waals surface area contributed by atoms with Crippen LogP contribution in [0.4, 0.5) is 0 Å². The molecule has 1 aliphatic rings. The van der Waals surface area contributed by atoms with Gasteiger partial charge in [0.15, 0.2) is 5.76 Å². The van der Waals surface area contributed by atoms with E-state index in [9.17, 15) is 19.2 Å². The second-order valence-electron chi connectivity index (χ2n) is 6.99. The van der Waals surface area contributed by atoms with Crippen LogP contribution in [0.2, 0.25) is 0 Å². The highest BCUT2D eigenvalue weighted by atomic mass is 16.3. The van der Waals surface area contributed by atoms with Gasteiger partial charge in [-0.3, -0.25) is 24.3 Å². The molecule has 0 bridgehead atoms. The number of carbonyl (C=O) groups is 2. The van der Waals surface area contributed by atoms with Gasteiger partial charge in [0.05, 0.1) is 17.0 Å². The minimum atomic E-state index is -0.422. The zero-order chi connectivity index (χ0) is 20.4. The van der Waals surface area contributed by atoms with Gasteiger partial charge in [-0.15, -0.1) is 0 Å². The molecule has 0 unspecified atom stereocenters. The Hall–Kier alpha value is -3.62. The van der Waals surface area contributed by atoms with E-state index in [2.05, 4.69) is 10.4 Å². The molecule has 150 valence electrons. The minimum Gasteiger partial charge on any atom is -0.459 e. The van der Waals surface area contributed by atoms with Crippen molar-refractivity contribution >= 4 is 22.6 Å². The number of nitrogens with zero attached hydrogens (tertiary/aromatic N) is 2. The average molecular weight is 396 g/mol. The molecule has 1 saturated heterocycles. The summed E-state index contributed by atoms with van der Waals surface area (Å²) in [5.41, 5.74) is -0.841. The summed E-state index contributed by atoms with van der Waals surface area (Å²) in [6.07, 6.45) is 2.65. The largest absolute Gasteiger partial charge is 0.459 e. The van der Waals surface area contributed by atoms with Gasteiger partial charge < -0.3 is 14.6 Å². The first-order valence-corrected chi connectivity index (χ1v) is 9.37. The highest BCUT2D eigenvalue weighted by molar-refractivity contribution is 5.91. The maximum absolute atomic E-state index is 12.5. The fraction of sp³-hybridized carbons (Fsp3) is 0.300. The van der Waals surface area contributed by atoms with Crippen molar-refractivity contribution in [2.75, 3.05) is 13.1 Å².